The lowest BCUT2D eigenvalue weighted by Gasteiger charge is -2.20. The standard InChI is InChI=1S/C20H25NO2/c1-15(21-16(2)19-7-5-4-6-8-19)13-17-9-11-18(12-10-17)14-20(22)23-3/h4-12,15-16,21H,13-14H2,1-3H3/t15-,16?/m1/s1. The minimum Gasteiger partial charge on any atom is -0.469 e. The van der Waals surface area contributed by atoms with Gasteiger partial charge in [-0.1, -0.05) is 54.6 Å². The molecule has 0 amide bonds. The molecule has 2 atom stereocenters. The van der Waals surface area contributed by atoms with E-state index in [9.17, 15) is 4.79 Å². The predicted octanol–water partition coefficient (Wildman–Crippen LogP) is 3.68. The molecule has 0 aliphatic heterocycles. The third-order valence-electron chi connectivity index (χ3n) is 3.98. The van der Waals surface area contributed by atoms with E-state index in [4.69, 9.17) is 0 Å². The number of benzene rings is 2. The van der Waals surface area contributed by atoms with Crippen molar-refractivity contribution in [2.75, 3.05) is 7.11 Å². The Morgan fingerprint density at radius 1 is 1.00 bits per heavy atom. The van der Waals surface area contributed by atoms with Crippen LogP contribution in [0.4, 0.5) is 0 Å². The molecule has 3 heteroatoms. The summed E-state index contributed by atoms with van der Waals surface area (Å²) in [6.45, 7) is 4.38. The molecular formula is C20H25NO2. The Balaban J connectivity index is 1.87. The molecule has 1 unspecified atom stereocenters. The Kier molecular flexibility index (Phi) is 6.36. The monoisotopic (exact) mass is 311 g/mol. The van der Waals surface area contributed by atoms with Gasteiger partial charge in [0.15, 0.2) is 0 Å². The Morgan fingerprint density at radius 3 is 2.22 bits per heavy atom. The first kappa shape index (κ1) is 17.2. The summed E-state index contributed by atoms with van der Waals surface area (Å²) in [6, 6.07) is 19.3. The summed E-state index contributed by atoms with van der Waals surface area (Å²) in [6.07, 6.45) is 1.28. The third-order valence-corrected chi connectivity index (χ3v) is 3.98. The summed E-state index contributed by atoms with van der Waals surface area (Å²) >= 11 is 0. The molecule has 0 aliphatic rings. The second-order valence-corrected chi connectivity index (χ2v) is 5.97. The number of carbonyl (C=O) groups excluding carboxylic acids is 1. The van der Waals surface area contributed by atoms with Gasteiger partial charge in [0.05, 0.1) is 13.5 Å². The van der Waals surface area contributed by atoms with Crippen LogP contribution in [0, 0.1) is 0 Å². The van der Waals surface area contributed by atoms with Gasteiger partial charge >= 0.3 is 5.97 Å². The molecule has 122 valence electrons. The average molecular weight is 311 g/mol. The van der Waals surface area contributed by atoms with Crippen molar-refractivity contribution < 1.29 is 9.53 Å². The van der Waals surface area contributed by atoms with Gasteiger partial charge in [0.1, 0.15) is 0 Å². The normalized spacial score (nSPS) is 13.3. The number of nitrogens with one attached hydrogen (secondary N) is 1. The van der Waals surface area contributed by atoms with Crippen LogP contribution >= 0.6 is 0 Å². The van der Waals surface area contributed by atoms with E-state index in [-0.39, 0.29) is 5.97 Å². The van der Waals surface area contributed by atoms with Crippen molar-refractivity contribution >= 4 is 5.97 Å². The van der Waals surface area contributed by atoms with Crippen LogP contribution in [0.1, 0.15) is 36.6 Å². The van der Waals surface area contributed by atoms with Crippen molar-refractivity contribution in [3.8, 4) is 0 Å². The van der Waals surface area contributed by atoms with Crippen molar-refractivity contribution in [3.63, 3.8) is 0 Å². The second kappa shape index (κ2) is 8.49. The predicted molar refractivity (Wildman–Crippen MR) is 93.3 cm³/mol. The van der Waals surface area contributed by atoms with Crippen LogP contribution in [0.2, 0.25) is 0 Å². The van der Waals surface area contributed by atoms with Crippen LogP contribution in [0.25, 0.3) is 0 Å². The van der Waals surface area contributed by atoms with Crippen LogP contribution in [0.5, 0.6) is 0 Å². The highest BCUT2D eigenvalue weighted by Gasteiger charge is 2.10. The number of carbonyl (C=O) groups is 1. The molecule has 2 aromatic carbocycles. The first-order valence-corrected chi connectivity index (χ1v) is 8.04. The molecule has 0 aromatic heterocycles. The molecule has 2 aromatic rings. The Labute approximate surface area is 138 Å². The lowest BCUT2D eigenvalue weighted by atomic mass is 10.0. The zero-order valence-corrected chi connectivity index (χ0v) is 14.1. The Morgan fingerprint density at radius 2 is 1.61 bits per heavy atom. The lowest BCUT2D eigenvalue weighted by molar-refractivity contribution is -0.139. The number of ether oxygens (including phenoxy) is 1. The highest BCUT2D eigenvalue weighted by Crippen LogP contribution is 2.14. The van der Waals surface area contributed by atoms with E-state index in [2.05, 4.69) is 60.3 Å². The number of hydrogen-bond donors (Lipinski definition) is 1. The minimum absolute atomic E-state index is 0.204. The van der Waals surface area contributed by atoms with Gasteiger partial charge < -0.3 is 10.1 Å². The van der Waals surface area contributed by atoms with E-state index in [1.807, 2.05) is 18.2 Å². The lowest BCUT2D eigenvalue weighted by Crippen LogP contribution is -2.30. The van der Waals surface area contributed by atoms with Gasteiger partial charge in [-0.15, -0.1) is 0 Å². The van der Waals surface area contributed by atoms with Crippen molar-refractivity contribution in [1.82, 2.24) is 5.32 Å². The minimum atomic E-state index is -0.204. The van der Waals surface area contributed by atoms with Crippen molar-refractivity contribution in [2.24, 2.45) is 0 Å². The Hall–Kier alpha value is -2.13. The SMILES string of the molecule is COC(=O)Cc1ccc(C[C@@H](C)NC(C)c2ccccc2)cc1. The molecule has 0 spiro atoms. The maximum atomic E-state index is 11.3. The Bertz CT molecular complexity index is 607. The van der Waals surface area contributed by atoms with E-state index in [0.717, 1.165) is 12.0 Å². The zero-order valence-electron chi connectivity index (χ0n) is 14.1. The fourth-order valence-electron chi connectivity index (χ4n) is 2.71. The summed E-state index contributed by atoms with van der Waals surface area (Å²) < 4.78 is 4.69. The maximum Gasteiger partial charge on any atom is 0.309 e. The highest BCUT2D eigenvalue weighted by molar-refractivity contribution is 5.72. The number of esters is 1. The van der Waals surface area contributed by atoms with Crippen molar-refractivity contribution in [2.45, 2.75) is 38.8 Å². The smallest absolute Gasteiger partial charge is 0.309 e. The maximum absolute atomic E-state index is 11.3. The van der Waals surface area contributed by atoms with E-state index >= 15 is 0 Å². The first-order chi connectivity index (χ1) is 11.1. The number of rotatable bonds is 7. The number of methoxy groups -OCH3 is 1. The van der Waals surface area contributed by atoms with Crippen LogP contribution < -0.4 is 5.32 Å². The molecule has 23 heavy (non-hydrogen) atoms. The fraction of sp³-hybridized carbons (Fsp3) is 0.350. The van der Waals surface area contributed by atoms with Crippen LogP contribution in [-0.2, 0) is 22.4 Å². The van der Waals surface area contributed by atoms with E-state index < -0.39 is 0 Å². The van der Waals surface area contributed by atoms with Gasteiger partial charge in [0, 0.05) is 12.1 Å². The zero-order chi connectivity index (χ0) is 16.7. The summed E-state index contributed by atoms with van der Waals surface area (Å²) in [4.78, 5) is 11.3. The van der Waals surface area contributed by atoms with Gasteiger partial charge in [0.2, 0.25) is 0 Å². The molecule has 1 N–H and O–H groups in total. The second-order valence-electron chi connectivity index (χ2n) is 5.97. The van der Waals surface area contributed by atoms with Gasteiger partial charge in [-0.25, -0.2) is 0 Å². The van der Waals surface area contributed by atoms with Crippen LogP contribution in [0.3, 0.4) is 0 Å². The molecule has 0 heterocycles. The third kappa shape index (κ3) is 5.53. The summed E-state index contributed by atoms with van der Waals surface area (Å²) in [5, 5.41) is 3.63. The topological polar surface area (TPSA) is 38.3 Å². The number of hydrogen-bond acceptors (Lipinski definition) is 3. The molecule has 0 radical (unpaired) electrons. The molecular weight excluding hydrogens is 286 g/mol. The van der Waals surface area contributed by atoms with Gasteiger partial charge in [0.25, 0.3) is 0 Å². The summed E-state index contributed by atoms with van der Waals surface area (Å²) in [5.41, 5.74) is 3.55. The van der Waals surface area contributed by atoms with E-state index in [1.54, 1.807) is 0 Å². The largest absolute Gasteiger partial charge is 0.469 e. The molecule has 0 bridgehead atoms. The van der Waals surface area contributed by atoms with Crippen molar-refractivity contribution in [3.05, 3.63) is 71.3 Å². The van der Waals surface area contributed by atoms with Gasteiger partial charge in [-0.2, -0.15) is 0 Å². The van der Waals surface area contributed by atoms with E-state index in [0.29, 0.717) is 18.5 Å². The van der Waals surface area contributed by atoms with E-state index in [1.165, 1.54) is 18.2 Å². The molecule has 0 aliphatic carbocycles. The van der Waals surface area contributed by atoms with Gasteiger partial charge in [-0.3, -0.25) is 4.79 Å². The molecule has 0 fully saturated rings. The molecule has 2 rings (SSSR count). The molecule has 0 saturated heterocycles. The molecule has 0 saturated carbocycles. The van der Waals surface area contributed by atoms with Crippen LogP contribution in [0.15, 0.2) is 54.6 Å². The van der Waals surface area contributed by atoms with Gasteiger partial charge in [-0.05, 0) is 37.0 Å². The first-order valence-electron chi connectivity index (χ1n) is 8.04. The fourth-order valence-corrected chi connectivity index (χ4v) is 2.71. The van der Waals surface area contributed by atoms with Crippen molar-refractivity contribution in [1.29, 1.82) is 0 Å². The average Bonchev–Trinajstić information content (AvgIpc) is 2.57. The quantitative estimate of drug-likeness (QED) is 0.793. The van der Waals surface area contributed by atoms with Crippen LogP contribution in [-0.4, -0.2) is 19.1 Å². The summed E-state index contributed by atoms with van der Waals surface area (Å²) in [7, 11) is 1.41. The highest BCUT2D eigenvalue weighted by atomic mass is 16.5. The molecule has 3 nitrogen and oxygen atoms in total. The summed E-state index contributed by atoms with van der Waals surface area (Å²) in [5.74, 6) is -0.204.